The van der Waals surface area contributed by atoms with Crippen molar-refractivity contribution in [2.24, 2.45) is 0 Å². The molecule has 2 aliphatic rings. The Hall–Kier alpha value is -1.95. The average Bonchev–Trinajstić information content (AvgIpc) is 2.89. The van der Waals surface area contributed by atoms with Crippen LogP contribution in [0.2, 0.25) is 0 Å². The summed E-state index contributed by atoms with van der Waals surface area (Å²) in [4.78, 5) is 15.2. The van der Waals surface area contributed by atoms with E-state index in [9.17, 15) is 4.79 Å². The molecule has 2 aliphatic heterocycles. The number of rotatable bonds is 5. The number of carbonyl (C=O) groups is 1. The van der Waals surface area contributed by atoms with E-state index in [0.717, 1.165) is 25.7 Å². The average molecular weight is 335 g/mol. The fourth-order valence-corrected chi connectivity index (χ4v) is 4.06. The predicted molar refractivity (Wildman–Crippen MR) is 89.1 cm³/mol. The van der Waals surface area contributed by atoms with Crippen molar-refractivity contribution in [3.05, 3.63) is 17.7 Å². The van der Waals surface area contributed by atoms with Crippen LogP contribution in [0.25, 0.3) is 0 Å². The van der Waals surface area contributed by atoms with E-state index in [1.807, 2.05) is 4.90 Å². The minimum Gasteiger partial charge on any atom is -0.493 e. The number of methoxy groups -OCH3 is 4. The van der Waals surface area contributed by atoms with Crippen LogP contribution in [0.15, 0.2) is 12.1 Å². The summed E-state index contributed by atoms with van der Waals surface area (Å²) in [5.74, 6) is 1.42. The normalized spacial score (nSPS) is 25.5. The maximum atomic E-state index is 13.2. The fourth-order valence-electron chi connectivity index (χ4n) is 4.06. The number of piperidine rings is 1. The van der Waals surface area contributed by atoms with Gasteiger partial charge in [-0.05, 0) is 37.8 Å². The Morgan fingerprint density at radius 1 is 0.958 bits per heavy atom. The summed E-state index contributed by atoms with van der Waals surface area (Å²) in [6, 6.07) is 3.97. The lowest BCUT2D eigenvalue weighted by molar-refractivity contribution is 0.00807. The van der Waals surface area contributed by atoms with Crippen molar-refractivity contribution in [2.75, 3.05) is 28.4 Å². The van der Waals surface area contributed by atoms with E-state index < -0.39 is 0 Å². The van der Waals surface area contributed by atoms with Gasteiger partial charge < -0.3 is 23.8 Å². The summed E-state index contributed by atoms with van der Waals surface area (Å²) in [7, 11) is 6.40. The van der Waals surface area contributed by atoms with Crippen LogP contribution in [-0.2, 0) is 4.74 Å². The van der Waals surface area contributed by atoms with Crippen molar-refractivity contribution >= 4 is 5.91 Å². The number of hydrogen-bond donors (Lipinski definition) is 0. The number of nitrogens with zero attached hydrogens (tertiary/aromatic N) is 1. The number of benzene rings is 1. The van der Waals surface area contributed by atoms with Crippen molar-refractivity contribution in [3.8, 4) is 17.2 Å². The van der Waals surface area contributed by atoms with Crippen LogP contribution in [0.4, 0.5) is 0 Å². The Bertz CT molecular complexity index is 604. The monoisotopic (exact) mass is 335 g/mol. The van der Waals surface area contributed by atoms with Gasteiger partial charge in [-0.25, -0.2) is 0 Å². The number of ether oxygens (including phenoxy) is 4. The van der Waals surface area contributed by atoms with Crippen LogP contribution in [-0.4, -0.2) is 57.4 Å². The minimum atomic E-state index is -0.00476. The first-order chi connectivity index (χ1) is 11.6. The highest BCUT2D eigenvalue weighted by Gasteiger charge is 2.44. The van der Waals surface area contributed by atoms with Gasteiger partial charge in [0.2, 0.25) is 5.75 Å². The molecule has 3 rings (SSSR count). The SMILES string of the molecule is COc1ccc(C(=O)N2C3CCC2CC(OC)C3)c(OC)c1OC. The first-order valence-corrected chi connectivity index (χ1v) is 8.29. The summed E-state index contributed by atoms with van der Waals surface area (Å²) in [5, 5.41) is 0. The van der Waals surface area contributed by atoms with Crippen LogP contribution in [0.5, 0.6) is 17.2 Å². The van der Waals surface area contributed by atoms with Crippen molar-refractivity contribution in [1.82, 2.24) is 4.90 Å². The zero-order chi connectivity index (χ0) is 17.3. The molecular formula is C18H25NO5. The molecular weight excluding hydrogens is 310 g/mol. The van der Waals surface area contributed by atoms with Gasteiger partial charge in [-0.15, -0.1) is 0 Å². The molecule has 2 fully saturated rings. The Morgan fingerprint density at radius 3 is 2.08 bits per heavy atom. The quantitative estimate of drug-likeness (QED) is 0.827. The van der Waals surface area contributed by atoms with Gasteiger partial charge in [0, 0.05) is 19.2 Å². The molecule has 2 bridgehead atoms. The summed E-state index contributed by atoms with van der Waals surface area (Å²) in [5.41, 5.74) is 0.517. The van der Waals surface area contributed by atoms with E-state index in [1.54, 1.807) is 40.6 Å². The van der Waals surface area contributed by atoms with Crippen LogP contribution >= 0.6 is 0 Å². The second-order valence-corrected chi connectivity index (χ2v) is 6.31. The lowest BCUT2D eigenvalue weighted by Gasteiger charge is -2.38. The Labute approximate surface area is 142 Å². The van der Waals surface area contributed by atoms with Gasteiger partial charge in [0.05, 0.1) is 33.0 Å². The van der Waals surface area contributed by atoms with Gasteiger partial charge in [0.1, 0.15) is 0 Å². The topological polar surface area (TPSA) is 57.2 Å². The first kappa shape index (κ1) is 16.9. The van der Waals surface area contributed by atoms with Gasteiger partial charge in [-0.1, -0.05) is 0 Å². The molecule has 2 atom stereocenters. The molecule has 2 heterocycles. The minimum absolute atomic E-state index is 0.00476. The molecule has 24 heavy (non-hydrogen) atoms. The highest BCUT2D eigenvalue weighted by atomic mass is 16.5. The summed E-state index contributed by atoms with van der Waals surface area (Å²) in [6.07, 6.45) is 4.11. The maximum absolute atomic E-state index is 13.2. The second-order valence-electron chi connectivity index (χ2n) is 6.31. The molecule has 132 valence electrons. The first-order valence-electron chi connectivity index (χ1n) is 8.29. The third-order valence-electron chi connectivity index (χ3n) is 5.19. The lowest BCUT2D eigenvalue weighted by Crippen LogP contribution is -2.48. The summed E-state index contributed by atoms with van der Waals surface area (Å²) >= 11 is 0. The van der Waals surface area contributed by atoms with Crippen LogP contribution in [0.3, 0.4) is 0 Å². The number of amides is 1. The molecule has 2 saturated heterocycles. The highest BCUT2D eigenvalue weighted by Crippen LogP contribution is 2.43. The zero-order valence-corrected chi connectivity index (χ0v) is 14.7. The molecule has 0 spiro atoms. The van der Waals surface area contributed by atoms with Gasteiger partial charge >= 0.3 is 0 Å². The van der Waals surface area contributed by atoms with Gasteiger partial charge in [0.25, 0.3) is 5.91 Å². The smallest absolute Gasteiger partial charge is 0.258 e. The van der Waals surface area contributed by atoms with Crippen LogP contribution < -0.4 is 14.2 Å². The van der Waals surface area contributed by atoms with E-state index in [4.69, 9.17) is 18.9 Å². The molecule has 0 aliphatic carbocycles. The second kappa shape index (κ2) is 6.89. The highest BCUT2D eigenvalue weighted by molar-refractivity contribution is 5.99. The van der Waals surface area contributed by atoms with E-state index in [0.29, 0.717) is 22.8 Å². The van der Waals surface area contributed by atoms with Gasteiger partial charge in [-0.3, -0.25) is 4.79 Å². The molecule has 1 amide bonds. The van der Waals surface area contributed by atoms with E-state index >= 15 is 0 Å². The number of hydrogen-bond acceptors (Lipinski definition) is 5. The molecule has 6 heteroatoms. The maximum Gasteiger partial charge on any atom is 0.258 e. The Balaban J connectivity index is 1.94. The third kappa shape index (κ3) is 2.69. The molecule has 1 aromatic carbocycles. The molecule has 0 saturated carbocycles. The van der Waals surface area contributed by atoms with Crippen LogP contribution in [0.1, 0.15) is 36.0 Å². The Kier molecular flexibility index (Phi) is 4.85. The lowest BCUT2D eigenvalue weighted by atomic mass is 9.98. The summed E-state index contributed by atoms with van der Waals surface area (Å²) in [6.45, 7) is 0. The molecule has 6 nitrogen and oxygen atoms in total. The fraction of sp³-hybridized carbons (Fsp3) is 0.611. The standard InChI is InChI=1S/C18H25NO5/c1-21-13-9-11-5-6-12(10-13)19(11)18(20)14-7-8-15(22-2)17(24-4)16(14)23-3/h7-8,11-13H,5-6,9-10H2,1-4H3. The third-order valence-corrected chi connectivity index (χ3v) is 5.19. The molecule has 0 radical (unpaired) electrons. The number of carbonyl (C=O) groups excluding carboxylic acids is 1. The van der Waals surface area contributed by atoms with E-state index in [1.165, 1.54) is 0 Å². The largest absolute Gasteiger partial charge is 0.493 e. The van der Waals surface area contributed by atoms with Gasteiger partial charge in [-0.2, -0.15) is 0 Å². The molecule has 0 aromatic heterocycles. The zero-order valence-electron chi connectivity index (χ0n) is 14.7. The van der Waals surface area contributed by atoms with Gasteiger partial charge in [0.15, 0.2) is 11.5 Å². The molecule has 2 unspecified atom stereocenters. The molecule has 0 N–H and O–H groups in total. The van der Waals surface area contributed by atoms with E-state index in [2.05, 4.69) is 0 Å². The number of fused-ring (bicyclic) bond motifs is 2. The summed E-state index contributed by atoms with van der Waals surface area (Å²) < 4.78 is 21.7. The van der Waals surface area contributed by atoms with Crippen molar-refractivity contribution in [3.63, 3.8) is 0 Å². The van der Waals surface area contributed by atoms with Crippen molar-refractivity contribution in [2.45, 2.75) is 43.9 Å². The van der Waals surface area contributed by atoms with E-state index in [-0.39, 0.29) is 24.1 Å². The van der Waals surface area contributed by atoms with Crippen molar-refractivity contribution < 1.29 is 23.7 Å². The van der Waals surface area contributed by atoms with Crippen LogP contribution in [0, 0.1) is 0 Å². The van der Waals surface area contributed by atoms with Crippen molar-refractivity contribution in [1.29, 1.82) is 0 Å². The Morgan fingerprint density at radius 2 is 1.58 bits per heavy atom. The molecule has 1 aromatic rings. The predicted octanol–water partition coefficient (Wildman–Crippen LogP) is 2.49.